The summed E-state index contributed by atoms with van der Waals surface area (Å²) in [7, 11) is 0. The third kappa shape index (κ3) is 4.41. The molecular formula is C19H24N4O. The number of aromatic amines is 1. The number of furan rings is 1. The first-order chi connectivity index (χ1) is 11.8. The Morgan fingerprint density at radius 2 is 2.04 bits per heavy atom. The smallest absolute Gasteiger partial charge is 0.191 e. The molecule has 2 aromatic heterocycles. The lowest BCUT2D eigenvalue weighted by atomic mass is 10.2. The van der Waals surface area contributed by atoms with Gasteiger partial charge in [-0.1, -0.05) is 18.2 Å². The second-order valence-electron chi connectivity index (χ2n) is 5.65. The van der Waals surface area contributed by atoms with E-state index >= 15 is 0 Å². The van der Waals surface area contributed by atoms with Crippen LogP contribution in [0.15, 0.2) is 58.1 Å². The molecule has 0 radical (unpaired) electrons. The second kappa shape index (κ2) is 8.24. The fourth-order valence-electron chi connectivity index (χ4n) is 2.66. The van der Waals surface area contributed by atoms with E-state index in [1.165, 1.54) is 16.6 Å². The van der Waals surface area contributed by atoms with Gasteiger partial charge in [0.1, 0.15) is 5.76 Å². The SMILES string of the molecule is CCNC(=NCCc1ccco1)NCCc1cc2ccccc2[nH]1. The molecule has 126 valence electrons. The molecule has 0 aliphatic carbocycles. The number of benzene rings is 1. The molecule has 2 heterocycles. The van der Waals surface area contributed by atoms with Crippen LogP contribution in [0.3, 0.4) is 0 Å². The van der Waals surface area contributed by atoms with E-state index in [0.717, 1.165) is 37.7 Å². The van der Waals surface area contributed by atoms with E-state index < -0.39 is 0 Å². The van der Waals surface area contributed by atoms with Gasteiger partial charge in [-0.3, -0.25) is 4.99 Å². The quantitative estimate of drug-likeness (QED) is 0.462. The van der Waals surface area contributed by atoms with Gasteiger partial charge in [0.2, 0.25) is 0 Å². The van der Waals surface area contributed by atoms with Gasteiger partial charge < -0.3 is 20.0 Å². The Hall–Kier alpha value is -2.69. The van der Waals surface area contributed by atoms with Crippen molar-refractivity contribution in [3.05, 3.63) is 60.2 Å². The number of aromatic nitrogens is 1. The summed E-state index contributed by atoms with van der Waals surface area (Å²) in [6, 6.07) is 14.4. The lowest BCUT2D eigenvalue weighted by Gasteiger charge is -2.10. The average Bonchev–Trinajstić information content (AvgIpc) is 3.23. The zero-order chi connectivity index (χ0) is 16.6. The summed E-state index contributed by atoms with van der Waals surface area (Å²) in [5.74, 6) is 1.81. The third-order valence-electron chi connectivity index (χ3n) is 3.82. The van der Waals surface area contributed by atoms with Gasteiger partial charge in [-0.05, 0) is 36.6 Å². The van der Waals surface area contributed by atoms with Crippen LogP contribution in [0.4, 0.5) is 0 Å². The summed E-state index contributed by atoms with van der Waals surface area (Å²) in [6.07, 6.45) is 3.44. The molecule has 0 saturated heterocycles. The van der Waals surface area contributed by atoms with Crippen LogP contribution in [0.25, 0.3) is 10.9 Å². The van der Waals surface area contributed by atoms with Gasteiger partial charge in [0, 0.05) is 43.7 Å². The topological polar surface area (TPSA) is 65.3 Å². The van der Waals surface area contributed by atoms with Crippen molar-refractivity contribution in [3.8, 4) is 0 Å². The number of guanidine groups is 1. The van der Waals surface area contributed by atoms with Crippen LogP contribution in [0.5, 0.6) is 0 Å². The molecule has 5 heteroatoms. The zero-order valence-electron chi connectivity index (χ0n) is 14.0. The Balaban J connectivity index is 1.49. The summed E-state index contributed by atoms with van der Waals surface area (Å²) in [6.45, 7) is 4.45. The van der Waals surface area contributed by atoms with Gasteiger partial charge in [0.25, 0.3) is 0 Å². The highest BCUT2D eigenvalue weighted by atomic mass is 16.3. The molecule has 0 aliphatic heterocycles. The van der Waals surface area contributed by atoms with Crippen molar-refractivity contribution >= 4 is 16.9 Å². The molecular weight excluding hydrogens is 300 g/mol. The third-order valence-corrected chi connectivity index (χ3v) is 3.82. The maximum Gasteiger partial charge on any atom is 0.191 e. The van der Waals surface area contributed by atoms with Crippen LogP contribution in [0.2, 0.25) is 0 Å². The van der Waals surface area contributed by atoms with Crippen molar-refractivity contribution < 1.29 is 4.42 Å². The van der Waals surface area contributed by atoms with Crippen molar-refractivity contribution in [2.45, 2.75) is 19.8 Å². The Morgan fingerprint density at radius 3 is 2.83 bits per heavy atom. The first kappa shape index (κ1) is 16.2. The molecule has 0 unspecified atom stereocenters. The average molecular weight is 324 g/mol. The Labute approximate surface area is 142 Å². The van der Waals surface area contributed by atoms with Gasteiger partial charge in [-0.2, -0.15) is 0 Å². The molecule has 0 spiro atoms. The maximum absolute atomic E-state index is 5.33. The fourth-order valence-corrected chi connectivity index (χ4v) is 2.66. The number of nitrogens with zero attached hydrogens (tertiary/aromatic N) is 1. The number of nitrogens with one attached hydrogen (secondary N) is 3. The van der Waals surface area contributed by atoms with Crippen molar-refractivity contribution in [3.63, 3.8) is 0 Å². The lowest BCUT2D eigenvalue weighted by Crippen LogP contribution is -2.38. The van der Waals surface area contributed by atoms with E-state index in [2.05, 4.69) is 57.9 Å². The van der Waals surface area contributed by atoms with Crippen LogP contribution in [-0.2, 0) is 12.8 Å². The zero-order valence-corrected chi connectivity index (χ0v) is 14.0. The van der Waals surface area contributed by atoms with Crippen LogP contribution in [-0.4, -0.2) is 30.6 Å². The molecule has 24 heavy (non-hydrogen) atoms. The maximum atomic E-state index is 5.33. The van der Waals surface area contributed by atoms with E-state index in [-0.39, 0.29) is 0 Å². The van der Waals surface area contributed by atoms with Gasteiger partial charge in [0.15, 0.2) is 5.96 Å². The number of hydrogen-bond acceptors (Lipinski definition) is 2. The summed E-state index contributed by atoms with van der Waals surface area (Å²) >= 11 is 0. The van der Waals surface area contributed by atoms with Crippen molar-refractivity contribution in [2.24, 2.45) is 4.99 Å². The minimum Gasteiger partial charge on any atom is -0.469 e. The second-order valence-corrected chi connectivity index (χ2v) is 5.65. The number of hydrogen-bond donors (Lipinski definition) is 3. The molecule has 0 atom stereocenters. The van der Waals surface area contributed by atoms with Crippen LogP contribution in [0, 0.1) is 0 Å². The van der Waals surface area contributed by atoms with E-state index in [1.54, 1.807) is 6.26 Å². The monoisotopic (exact) mass is 324 g/mol. The highest BCUT2D eigenvalue weighted by molar-refractivity contribution is 5.81. The van der Waals surface area contributed by atoms with Crippen LogP contribution < -0.4 is 10.6 Å². The molecule has 0 bridgehead atoms. The molecule has 3 N–H and O–H groups in total. The molecule has 0 amide bonds. The molecule has 3 rings (SSSR count). The van der Waals surface area contributed by atoms with Gasteiger partial charge in [0.05, 0.1) is 6.26 Å². The summed E-state index contributed by atoms with van der Waals surface area (Å²) in [5, 5.41) is 7.91. The van der Waals surface area contributed by atoms with Gasteiger partial charge >= 0.3 is 0 Å². The lowest BCUT2D eigenvalue weighted by molar-refractivity contribution is 0.510. The summed E-state index contributed by atoms with van der Waals surface area (Å²) in [5.41, 5.74) is 2.42. The van der Waals surface area contributed by atoms with Crippen LogP contribution >= 0.6 is 0 Å². The fraction of sp³-hybridized carbons (Fsp3) is 0.316. The van der Waals surface area contributed by atoms with Crippen molar-refractivity contribution in [2.75, 3.05) is 19.6 Å². The predicted octanol–water partition coefficient (Wildman–Crippen LogP) is 3.10. The van der Waals surface area contributed by atoms with E-state index in [1.807, 2.05) is 12.1 Å². The highest BCUT2D eigenvalue weighted by Gasteiger charge is 2.02. The minimum atomic E-state index is 0.704. The molecule has 0 saturated carbocycles. The predicted molar refractivity (Wildman–Crippen MR) is 98.4 cm³/mol. The number of fused-ring (bicyclic) bond motifs is 1. The molecule has 5 nitrogen and oxygen atoms in total. The highest BCUT2D eigenvalue weighted by Crippen LogP contribution is 2.14. The van der Waals surface area contributed by atoms with E-state index in [4.69, 9.17) is 4.42 Å². The molecule has 1 aromatic carbocycles. The number of rotatable bonds is 7. The van der Waals surface area contributed by atoms with Gasteiger partial charge in [-0.25, -0.2) is 0 Å². The normalized spacial score (nSPS) is 11.8. The largest absolute Gasteiger partial charge is 0.469 e. The number of H-pyrrole nitrogens is 1. The standard InChI is InChI=1S/C19H24N4O/c1-2-20-19(22-12-10-17-7-5-13-24-17)21-11-9-16-14-15-6-3-4-8-18(15)23-16/h3-8,13-14,23H,2,9-12H2,1H3,(H2,20,21,22). The first-order valence-corrected chi connectivity index (χ1v) is 8.46. The van der Waals surface area contributed by atoms with Gasteiger partial charge in [-0.15, -0.1) is 0 Å². The van der Waals surface area contributed by atoms with E-state index in [9.17, 15) is 0 Å². The number of para-hydroxylation sites is 1. The molecule has 0 aliphatic rings. The molecule has 3 aromatic rings. The first-order valence-electron chi connectivity index (χ1n) is 8.46. The van der Waals surface area contributed by atoms with Crippen molar-refractivity contribution in [1.82, 2.24) is 15.6 Å². The molecule has 0 fully saturated rings. The Morgan fingerprint density at radius 1 is 1.12 bits per heavy atom. The minimum absolute atomic E-state index is 0.704. The van der Waals surface area contributed by atoms with Crippen molar-refractivity contribution in [1.29, 1.82) is 0 Å². The van der Waals surface area contributed by atoms with Crippen LogP contribution in [0.1, 0.15) is 18.4 Å². The van der Waals surface area contributed by atoms with E-state index in [0.29, 0.717) is 6.54 Å². The summed E-state index contributed by atoms with van der Waals surface area (Å²) in [4.78, 5) is 8.04. The Kier molecular flexibility index (Phi) is 5.56. The number of aliphatic imine (C=N–C) groups is 1. The Bertz CT molecular complexity index is 741. The summed E-state index contributed by atoms with van der Waals surface area (Å²) < 4.78 is 5.33.